The number of nitrogens with two attached hydrogens (primary N) is 1. The fourth-order valence-electron chi connectivity index (χ4n) is 2.01. The molecule has 4 N–H and O–H groups in total. The second-order valence-electron chi connectivity index (χ2n) is 3.74. The average Bonchev–Trinajstić information content (AvgIpc) is 2.47. The van der Waals surface area contributed by atoms with E-state index in [-0.39, 0.29) is 17.9 Å². The monoisotopic (exact) mass is 193 g/mol. The highest BCUT2D eigenvalue weighted by Gasteiger charge is 2.34. The van der Waals surface area contributed by atoms with Crippen LogP contribution < -0.4 is 16.6 Å². The van der Waals surface area contributed by atoms with E-state index in [1.54, 1.807) is 0 Å². The van der Waals surface area contributed by atoms with Crippen LogP contribution in [0.15, 0.2) is 23.9 Å². The number of amides is 1. The third-order valence-electron chi connectivity index (χ3n) is 2.78. The molecule has 0 bridgehead atoms. The first-order valence-corrected chi connectivity index (χ1v) is 4.96. The Hall–Kier alpha value is -1.29. The summed E-state index contributed by atoms with van der Waals surface area (Å²) in [5.74, 6) is -0.0621. The van der Waals surface area contributed by atoms with Gasteiger partial charge in [-0.15, -0.1) is 0 Å². The number of hydrogen-bond acceptors (Lipinski definition) is 3. The Bertz CT molecular complexity index is 296. The summed E-state index contributed by atoms with van der Waals surface area (Å²) in [6, 6.07) is -0.257. The maximum atomic E-state index is 11.1. The zero-order valence-corrected chi connectivity index (χ0v) is 7.99. The summed E-state index contributed by atoms with van der Waals surface area (Å²) in [5, 5.41) is 0. The van der Waals surface area contributed by atoms with E-state index >= 15 is 0 Å². The van der Waals surface area contributed by atoms with Crippen LogP contribution in [0.1, 0.15) is 19.3 Å². The van der Waals surface area contributed by atoms with Gasteiger partial charge in [-0.25, -0.2) is 5.43 Å². The molecule has 0 spiro atoms. The van der Waals surface area contributed by atoms with Gasteiger partial charge in [0.05, 0.1) is 0 Å². The molecule has 1 fully saturated rings. The summed E-state index contributed by atoms with van der Waals surface area (Å²) in [6.45, 7) is 0. The molecule has 1 amide bonds. The fraction of sp³-hybridized carbons (Fsp3) is 0.500. The van der Waals surface area contributed by atoms with Crippen molar-refractivity contribution in [1.29, 1.82) is 0 Å². The van der Waals surface area contributed by atoms with Crippen molar-refractivity contribution in [2.45, 2.75) is 25.3 Å². The van der Waals surface area contributed by atoms with Crippen LogP contribution in [0.4, 0.5) is 0 Å². The van der Waals surface area contributed by atoms with Gasteiger partial charge in [-0.2, -0.15) is 0 Å². The van der Waals surface area contributed by atoms with E-state index in [1.807, 2.05) is 12.2 Å². The topological polar surface area (TPSA) is 67.2 Å². The minimum Gasteiger partial charge on any atom is -0.368 e. The van der Waals surface area contributed by atoms with Crippen molar-refractivity contribution in [1.82, 2.24) is 10.9 Å². The lowest BCUT2D eigenvalue weighted by atomic mass is 9.91. The molecule has 14 heavy (non-hydrogen) atoms. The summed E-state index contributed by atoms with van der Waals surface area (Å²) in [4.78, 5) is 11.1. The zero-order chi connectivity index (χ0) is 9.97. The summed E-state index contributed by atoms with van der Waals surface area (Å²) in [5.41, 5.74) is 12.3. The third kappa shape index (κ3) is 1.65. The van der Waals surface area contributed by atoms with E-state index in [0.29, 0.717) is 0 Å². The van der Waals surface area contributed by atoms with Crippen LogP contribution in [0.2, 0.25) is 0 Å². The Kier molecular flexibility index (Phi) is 2.54. The van der Waals surface area contributed by atoms with Crippen LogP contribution in [0, 0.1) is 5.92 Å². The maximum Gasteiger partial charge on any atom is 0.237 e. The largest absolute Gasteiger partial charge is 0.368 e. The Morgan fingerprint density at radius 2 is 2.43 bits per heavy atom. The predicted molar refractivity (Wildman–Crippen MR) is 53.8 cm³/mol. The van der Waals surface area contributed by atoms with E-state index in [4.69, 9.17) is 5.73 Å². The molecule has 1 aliphatic carbocycles. The Labute approximate surface area is 83.2 Å². The molecular formula is C10H15N3O. The molecule has 2 atom stereocenters. The van der Waals surface area contributed by atoms with E-state index in [1.165, 1.54) is 0 Å². The number of carbonyl (C=O) groups excluding carboxylic acids is 1. The smallest absolute Gasteiger partial charge is 0.237 e. The first-order chi connectivity index (χ1) is 6.79. The number of hydrazine groups is 1. The van der Waals surface area contributed by atoms with E-state index in [9.17, 15) is 4.79 Å². The van der Waals surface area contributed by atoms with Crippen molar-refractivity contribution in [3.63, 3.8) is 0 Å². The predicted octanol–water partition coefficient (Wildman–Crippen LogP) is 0.188. The van der Waals surface area contributed by atoms with Crippen molar-refractivity contribution < 1.29 is 4.79 Å². The molecule has 1 aliphatic heterocycles. The highest BCUT2D eigenvalue weighted by molar-refractivity contribution is 5.81. The van der Waals surface area contributed by atoms with Crippen LogP contribution in [0.3, 0.4) is 0 Å². The molecule has 0 saturated carbocycles. The normalized spacial score (nSPS) is 31.0. The lowest BCUT2D eigenvalue weighted by Gasteiger charge is -2.15. The molecule has 0 radical (unpaired) electrons. The van der Waals surface area contributed by atoms with E-state index < -0.39 is 0 Å². The van der Waals surface area contributed by atoms with E-state index in [2.05, 4.69) is 16.9 Å². The van der Waals surface area contributed by atoms with E-state index in [0.717, 1.165) is 25.0 Å². The SMILES string of the molecule is NC(=O)C1NNC2=CC=CCCCC21. The quantitative estimate of drug-likeness (QED) is 0.557. The van der Waals surface area contributed by atoms with Gasteiger partial charge in [0.1, 0.15) is 6.04 Å². The number of primary amides is 1. The standard InChI is InChI=1S/C10H15N3O/c11-10(14)9-7-5-3-1-2-4-6-8(7)12-13-9/h2,4,6-7,9,12-13H,1,3,5H2,(H2,11,14). The second kappa shape index (κ2) is 3.84. The number of rotatable bonds is 1. The third-order valence-corrected chi connectivity index (χ3v) is 2.78. The molecule has 0 aromatic heterocycles. The van der Waals surface area contributed by atoms with Crippen LogP contribution in [0.25, 0.3) is 0 Å². The van der Waals surface area contributed by atoms with Gasteiger partial charge in [0.25, 0.3) is 0 Å². The van der Waals surface area contributed by atoms with Crippen molar-refractivity contribution in [3.8, 4) is 0 Å². The minimum absolute atomic E-state index is 0.220. The molecule has 2 rings (SSSR count). The maximum absolute atomic E-state index is 11.1. The molecule has 2 unspecified atom stereocenters. The number of nitrogens with one attached hydrogen (secondary N) is 2. The fourth-order valence-corrected chi connectivity index (χ4v) is 2.01. The van der Waals surface area contributed by atoms with Crippen LogP contribution in [0.5, 0.6) is 0 Å². The van der Waals surface area contributed by atoms with Crippen molar-refractivity contribution in [3.05, 3.63) is 23.9 Å². The van der Waals surface area contributed by atoms with Crippen molar-refractivity contribution in [2.75, 3.05) is 0 Å². The first kappa shape index (κ1) is 9.27. The first-order valence-electron chi connectivity index (χ1n) is 4.96. The highest BCUT2D eigenvalue weighted by Crippen LogP contribution is 2.25. The number of carbonyl (C=O) groups is 1. The minimum atomic E-state index is -0.282. The summed E-state index contributed by atoms with van der Waals surface area (Å²) in [7, 11) is 0. The van der Waals surface area contributed by atoms with Crippen LogP contribution >= 0.6 is 0 Å². The Balaban J connectivity index is 2.19. The highest BCUT2D eigenvalue weighted by atomic mass is 16.1. The number of allylic oxidation sites excluding steroid dienone is 3. The van der Waals surface area contributed by atoms with Gasteiger partial charge in [-0.05, 0) is 25.3 Å². The van der Waals surface area contributed by atoms with Gasteiger partial charge < -0.3 is 11.2 Å². The molecule has 4 nitrogen and oxygen atoms in total. The average molecular weight is 193 g/mol. The Morgan fingerprint density at radius 3 is 3.21 bits per heavy atom. The molecular weight excluding hydrogens is 178 g/mol. The van der Waals surface area contributed by atoms with Gasteiger partial charge in [-0.3, -0.25) is 4.79 Å². The molecule has 1 heterocycles. The molecule has 4 heteroatoms. The summed E-state index contributed by atoms with van der Waals surface area (Å²) < 4.78 is 0. The molecule has 0 aromatic carbocycles. The van der Waals surface area contributed by atoms with Gasteiger partial charge in [-0.1, -0.05) is 12.2 Å². The van der Waals surface area contributed by atoms with Gasteiger partial charge in [0, 0.05) is 11.6 Å². The van der Waals surface area contributed by atoms with Gasteiger partial charge in [0.2, 0.25) is 5.91 Å². The second-order valence-corrected chi connectivity index (χ2v) is 3.74. The van der Waals surface area contributed by atoms with Gasteiger partial charge >= 0.3 is 0 Å². The summed E-state index contributed by atoms with van der Waals surface area (Å²) in [6.07, 6.45) is 9.36. The lowest BCUT2D eigenvalue weighted by molar-refractivity contribution is -0.120. The van der Waals surface area contributed by atoms with Crippen molar-refractivity contribution >= 4 is 5.91 Å². The van der Waals surface area contributed by atoms with Crippen LogP contribution in [-0.2, 0) is 4.79 Å². The van der Waals surface area contributed by atoms with Crippen molar-refractivity contribution in [2.24, 2.45) is 11.7 Å². The number of fused-ring (bicyclic) bond motifs is 1. The molecule has 76 valence electrons. The van der Waals surface area contributed by atoms with Gasteiger partial charge in [0.15, 0.2) is 0 Å². The van der Waals surface area contributed by atoms with Crippen LogP contribution in [-0.4, -0.2) is 11.9 Å². The number of hydrogen-bond donors (Lipinski definition) is 3. The zero-order valence-electron chi connectivity index (χ0n) is 7.99. The molecule has 0 aromatic rings. The molecule has 1 saturated heterocycles. The molecule has 2 aliphatic rings. The Morgan fingerprint density at radius 1 is 1.57 bits per heavy atom. The summed E-state index contributed by atoms with van der Waals surface area (Å²) >= 11 is 0. The lowest BCUT2D eigenvalue weighted by Crippen LogP contribution is -2.42.